The van der Waals surface area contributed by atoms with E-state index in [0.29, 0.717) is 10.8 Å². The molecule has 0 saturated heterocycles. The van der Waals surface area contributed by atoms with Crippen LogP contribution in [0.15, 0.2) is 35.4 Å². The molecule has 0 bridgehead atoms. The topological polar surface area (TPSA) is 43.8 Å². The molecule has 2 aromatic rings. The van der Waals surface area contributed by atoms with Gasteiger partial charge in [-0.1, -0.05) is 35.3 Å². The Balaban J connectivity index is 2.05. The van der Waals surface area contributed by atoms with Gasteiger partial charge in [-0.15, -0.1) is 11.8 Å². The fourth-order valence-corrected chi connectivity index (χ4v) is 3.16. The van der Waals surface area contributed by atoms with Gasteiger partial charge in [0.1, 0.15) is 0 Å². The summed E-state index contributed by atoms with van der Waals surface area (Å²) in [7, 11) is 1.83. The first kappa shape index (κ1) is 13.7. The Bertz CT molecular complexity index is 522. The summed E-state index contributed by atoms with van der Waals surface area (Å²) in [6.45, 7) is 0. The van der Waals surface area contributed by atoms with E-state index in [1.807, 2.05) is 31.3 Å². The van der Waals surface area contributed by atoms with Crippen LogP contribution < -0.4 is 5.73 Å². The summed E-state index contributed by atoms with van der Waals surface area (Å²) >= 11 is 13.8. The zero-order chi connectivity index (χ0) is 13.1. The van der Waals surface area contributed by atoms with Crippen molar-refractivity contribution in [3.63, 3.8) is 0 Å². The number of thioether (sulfide) groups is 1. The van der Waals surface area contributed by atoms with E-state index in [2.05, 4.69) is 5.10 Å². The summed E-state index contributed by atoms with van der Waals surface area (Å²) in [5.41, 5.74) is 6.97. The van der Waals surface area contributed by atoms with Crippen molar-refractivity contribution in [2.45, 2.75) is 10.9 Å². The maximum Gasteiger partial charge on any atom is 0.0834 e. The number of hydrogen-bond acceptors (Lipinski definition) is 3. The van der Waals surface area contributed by atoms with Gasteiger partial charge in [0.15, 0.2) is 0 Å². The third-order valence-corrected chi connectivity index (χ3v) is 4.47. The lowest BCUT2D eigenvalue weighted by Gasteiger charge is -2.13. The van der Waals surface area contributed by atoms with E-state index in [9.17, 15) is 0 Å². The SMILES string of the molecule is Cn1ncc(Cl)c1C(N)CSc1ccccc1Cl. The number of halogens is 2. The molecule has 0 amide bonds. The molecule has 6 heteroatoms. The van der Waals surface area contributed by atoms with Crippen LogP contribution in [0.25, 0.3) is 0 Å². The summed E-state index contributed by atoms with van der Waals surface area (Å²) in [4.78, 5) is 1.02. The minimum atomic E-state index is -0.175. The summed E-state index contributed by atoms with van der Waals surface area (Å²) in [6, 6.07) is 7.53. The molecule has 0 radical (unpaired) electrons. The predicted molar refractivity (Wildman–Crippen MR) is 77.3 cm³/mol. The monoisotopic (exact) mass is 301 g/mol. The number of nitrogens with two attached hydrogens (primary N) is 1. The third kappa shape index (κ3) is 3.01. The van der Waals surface area contributed by atoms with Gasteiger partial charge in [0.05, 0.1) is 28.0 Å². The van der Waals surface area contributed by atoms with Gasteiger partial charge >= 0.3 is 0 Å². The summed E-state index contributed by atoms with van der Waals surface area (Å²) in [5, 5.41) is 5.42. The van der Waals surface area contributed by atoms with Crippen LogP contribution in [0.4, 0.5) is 0 Å². The van der Waals surface area contributed by atoms with Crippen LogP contribution in [0.5, 0.6) is 0 Å². The van der Waals surface area contributed by atoms with Crippen molar-refractivity contribution >= 4 is 35.0 Å². The maximum absolute atomic E-state index is 6.13. The number of hydrogen-bond donors (Lipinski definition) is 1. The van der Waals surface area contributed by atoms with E-state index in [1.54, 1.807) is 22.6 Å². The van der Waals surface area contributed by atoms with Crippen LogP contribution in [0.2, 0.25) is 10.0 Å². The lowest BCUT2D eigenvalue weighted by molar-refractivity contribution is 0.659. The van der Waals surface area contributed by atoms with Crippen molar-refractivity contribution in [2.75, 3.05) is 5.75 Å². The average molecular weight is 302 g/mol. The van der Waals surface area contributed by atoms with Gasteiger partial charge in [-0.05, 0) is 12.1 Å². The highest BCUT2D eigenvalue weighted by Crippen LogP contribution is 2.30. The van der Waals surface area contributed by atoms with Crippen LogP contribution in [0, 0.1) is 0 Å². The van der Waals surface area contributed by atoms with E-state index in [-0.39, 0.29) is 6.04 Å². The zero-order valence-electron chi connectivity index (χ0n) is 9.81. The fraction of sp³-hybridized carbons (Fsp3) is 0.250. The quantitative estimate of drug-likeness (QED) is 0.879. The van der Waals surface area contributed by atoms with Gasteiger partial charge in [-0.3, -0.25) is 4.68 Å². The van der Waals surface area contributed by atoms with Crippen molar-refractivity contribution in [1.29, 1.82) is 0 Å². The third-order valence-electron chi connectivity index (χ3n) is 2.54. The highest BCUT2D eigenvalue weighted by atomic mass is 35.5. The van der Waals surface area contributed by atoms with Gasteiger partial charge in [0.2, 0.25) is 0 Å². The molecule has 2 rings (SSSR count). The molecule has 96 valence electrons. The molecular weight excluding hydrogens is 289 g/mol. The molecular formula is C12H13Cl2N3S. The zero-order valence-corrected chi connectivity index (χ0v) is 12.1. The van der Waals surface area contributed by atoms with Crippen molar-refractivity contribution in [1.82, 2.24) is 9.78 Å². The summed E-state index contributed by atoms with van der Waals surface area (Å²) < 4.78 is 1.71. The largest absolute Gasteiger partial charge is 0.322 e. The first-order valence-corrected chi connectivity index (χ1v) is 7.14. The van der Waals surface area contributed by atoms with Crippen molar-refractivity contribution in [2.24, 2.45) is 12.8 Å². The van der Waals surface area contributed by atoms with Gasteiger partial charge in [0.25, 0.3) is 0 Å². The first-order valence-electron chi connectivity index (χ1n) is 5.40. The highest BCUT2D eigenvalue weighted by molar-refractivity contribution is 7.99. The summed E-state index contributed by atoms with van der Waals surface area (Å²) in [5.74, 6) is 0.697. The normalized spacial score (nSPS) is 12.7. The van der Waals surface area contributed by atoms with Gasteiger partial charge in [-0.25, -0.2) is 0 Å². The second-order valence-corrected chi connectivity index (χ2v) is 5.73. The van der Waals surface area contributed by atoms with E-state index in [1.165, 1.54) is 0 Å². The van der Waals surface area contributed by atoms with Crippen molar-refractivity contribution < 1.29 is 0 Å². The van der Waals surface area contributed by atoms with Crippen molar-refractivity contribution in [3.8, 4) is 0 Å². The number of rotatable bonds is 4. The fourth-order valence-electron chi connectivity index (χ4n) is 1.66. The Morgan fingerprint density at radius 2 is 2.06 bits per heavy atom. The minimum Gasteiger partial charge on any atom is -0.322 e. The van der Waals surface area contributed by atoms with Gasteiger partial charge in [-0.2, -0.15) is 5.10 Å². The van der Waals surface area contributed by atoms with E-state index < -0.39 is 0 Å². The Hall–Kier alpha value is -0.680. The predicted octanol–water partition coefficient (Wildman–Crippen LogP) is 3.52. The van der Waals surface area contributed by atoms with Gasteiger partial charge < -0.3 is 5.73 Å². The molecule has 0 aliphatic rings. The first-order chi connectivity index (χ1) is 8.59. The Morgan fingerprint density at radius 1 is 1.33 bits per heavy atom. The number of benzene rings is 1. The lowest BCUT2D eigenvalue weighted by atomic mass is 10.2. The molecule has 3 nitrogen and oxygen atoms in total. The lowest BCUT2D eigenvalue weighted by Crippen LogP contribution is -2.17. The number of nitrogens with zero attached hydrogens (tertiary/aromatic N) is 2. The Kier molecular flexibility index (Phi) is 4.56. The van der Waals surface area contributed by atoms with E-state index >= 15 is 0 Å². The molecule has 0 saturated carbocycles. The molecule has 0 fully saturated rings. The molecule has 0 aliphatic carbocycles. The molecule has 18 heavy (non-hydrogen) atoms. The van der Waals surface area contributed by atoms with Crippen LogP contribution in [0.1, 0.15) is 11.7 Å². The van der Waals surface area contributed by atoms with E-state index in [4.69, 9.17) is 28.9 Å². The molecule has 2 N–H and O–H groups in total. The van der Waals surface area contributed by atoms with Crippen LogP contribution >= 0.6 is 35.0 Å². The molecule has 1 atom stereocenters. The minimum absolute atomic E-state index is 0.175. The highest BCUT2D eigenvalue weighted by Gasteiger charge is 2.15. The average Bonchev–Trinajstić information content (AvgIpc) is 2.68. The number of aryl methyl sites for hydroxylation is 1. The number of aromatic nitrogens is 2. The molecule has 1 heterocycles. The molecule has 0 spiro atoms. The molecule has 1 aromatic carbocycles. The van der Waals surface area contributed by atoms with Crippen molar-refractivity contribution in [3.05, 3.63) is 46.2 Å². The van der Waals surface area contributed by atoms with Crippen LogP contribution in [-0.2, 0) is 7.05 Å². The molecule has 0 aliphatic heterocycles. The smallest absolute Gasteiger partial charge is 0.0834 e. The molecule has 1 unspecified atom stereocenters. The van der Waals surface area contributed by atoms with Crippen LogP contribution in [0.3, 0.4) is 0 Å². The summed E-state index contributed by atoms with van der Waals surface area (Å²) in [6.07, 6.45) is 1.61. The second kappa shape index (κ2) is 5.97. The molecule has 1 aromatic heterocycles. The standard InChI is InChI=1S/C12H13Cl2N3S/c1-17-12(9(14)6-16-17)10(15)7-18-11-5-3-2-4-8(11)13/h2-6,10H,7,15H2,1H3. The Morgan fingerprint density at radius 3 is 2.67 bits per heavy atom. The van der Waals surface area contributed by atoms with E-state index in [0.717, 1.165) is 15.6 Å². The second-order valence-electron chi connectivity index (χ2n) is 3.85. The van der Waals surface area contributed by atoms with Crippen LogP contribution in [-0.4, -0.2) is 15.5 Å². The van der Waals surface area contributed by atoms with Gasteiger partial charge in [0, 0.05) is 17.7 Å². The Labute approximate surface area is 120 Å². The maximum atomic E-state index is 6.13.